The molecule has 0 radical (unpaired) electrons. The Hall–Kier alpha value is -1.62. The molecule has 3 rings (SSSR count). The van der Waals surface area contributed by atoms with Crippen LogP contribution in [0.25, 0.3) is 0 Å². The maximum atomic E-state index is 12.4. The minimum absolute atomic E-state index is 0.00987. The van der Waals surface area contributed by atoms with E-state index in [2.05, 4.69) is 4.98 Å². The van der Waals surface area contributed by atoms with Gasteiger partial charge in [0.25, 0.3) is 5.91 Å². The maximum absolute atomic E-state index is 12.4. The van der Waals surface area contributed by atoms with Crippen LogP contribution in [-0.2, 0) is 0 Å². The number of carbonyl (C=O) groups is 1. The fourth-order valence-electron chi connectivity index (χ4n) is 3.78. The summed E-state index contributed by atoms with van der Waals surface area (Å²) in [5, 5.41) is 19.1. The molecular weight excluding hydrogens is 256 g/mol. The van der Waals surface area contributed by atoms with Crippen LogP contribution in [0.1, 0.15) is 36.0 Å². The van der Waals surface area contributed by atoms with Gasteiger partial charge in [-0.15, -0.1) is 0 Å². The first-order valence-corrected chi connectivity index (χ1v) is 7.14. The van der Waals surface area contributed by atoms with Crippen molar-refractivity contribution < 1.29 is 15.0 Å². The number of carbonyl (C=O) groups excluding carboxylic acids is 1. The van der Waals surface area contributed by atoms with Crippen LogP contribution in [0.2, 0.25) is 0 Å². The molecule has 0 aliphatic heterocycles. The van der Waals surface area contributed by atoms with Gasteiger partial charge in [0.05, 0.1) is 17.9 Å². The van der Waals surface area contributed by atoms with Crippen LogP contribution in [0, 0.1) is 11.8 Å². The van der Waals surface area contributed by atoms with E-state index in [4.69, 9.17) is 0 Å². The largest absolute Gasteiger partial charge is 0.506 e. The van der Waals surface area contributed by atoms with E-state index < -0.39 is 0 Å². The molecule has 5 nitrogen and oxygen atoms in total. The zero-order valence-corrected chi connectivity index (χ0v) is 11.6. The number of hydrogen-bond donors (Lipinski definition) is 2. The highest BCUT2D eigenvalue weighted by molar-refractivity contribution is 5.94. The van der Waals surface area contributed by atoms with E-state index in [1.807, 2.05) is 7.05 Å². The topological polar surface area (TPSA) is 73.7 Å². The summed E-state index contributed by atoms with van der Waals surface area (Å²) in [5.41, 5.74) is 0.421. The molecule has 2 aliphatic rings. The summed E-state index contributed by atoms with van der Waals surface area (Å²) < 4.78 is 0. The second kappa shape index (κ2) is 5.05. The molecule has 1 amide bonds. The molecule has 4 atom stereocenters. The lowest BCUT2D eigenvalue weighted by atomic mass is 10.0. The van der Waals surface area contributed by atoms with Crippen molar-refractivity contribution in [3.63, 3.8) is 0 Å². The maximum Gasteiger partial charge on any atom is 0.255 e. The van der Waals surface area contributed by atoms with Crippen molar-refractivity contribution in [2.45, 2.75) is 37.8 Å². The standard InChI is InChI=1S/C15H20N2O3/c1-17(15(20)11-6-14(19)8-16-7-11)12-2-9-4-13(18)5-10(9)3-12/h6-10,12-13,18-19H,2-5H2,1H3/t9-,10+,12?,13?. The number of hydrogen-bond acceptors (Lipinski definition) is 4. The first-order chi connectivity index (χ1) is 9.54. The number of aromatic nitrogens is 1. The van der Waals surface area contributed by atoms with E-state index in [0.29, 0.717) is 17.4 Å². The lowest BCUT2D eigenvalue weighted by Gasteiger charge is -2.25. The molecule has 5 heteroatoms. The molecule has 2 unspecified atom stereocenters. The molecule has 2 aliphatic carbocycles. The predicted octanol–water partition coefficient (Wildman–Crippen LogP) is 1.41. The molecule has 1 heterocycles. The molecule has 108 valence electrons. The van der Waals surface area contributed by atoms with Gasteiger partial charge in [0.15, 0.2) is 0 Å². The van der Waals surface area contributed by atoms with Gasteiger partial charge < -0.3 is 15.1 Å². The normalized spacial score (nSPS) is 32.1. The predicted molar refractivity (Wildman–Crippen MR) is 73.2 cm³/mol. The van der Waals surface area contributed by atoms with Gasteiger partial charge >= 0.3 is 0 Å². The summed E-state index contributed by atoms with van der Waals surface area (Å²) in [5.74, 6) is 1.01. The Kier molecular flexibility index (Phi) is 3.38. The molecule has 2 saturated carbocycles. The number of fused-ring (bicyclic) bond motifs is 1. The van der Waals surface area contributed by atoms with Crippen molar-refractivity contribution in [1.82, 2.24) is 9.88 Å². The Balaban J connectivity index is 1.68. The third-order valence-electron chi connectivity index (χ3n) is 4.80. The monoisotopic (exact) mass is 276 g/mol. The Bertz CT molecular complexity index is 506. The van der Waals surface area contributed by atoms with Crippen LogP contribution in [0.15, 0.2) is 18.5 Å². The zero-order chi connectivity index (χ0) is 14.3. The van der Waals surface area contributed by atoms with Crippen LogP contribution < -0.4 is 0 Å². The lowest BCUT2D eigenvalue weighted by Crippen LogP contribution is -2.36. The van der Waals surface area contributed by atoms with E-state index in [-0.39, 0.29) is 23.8 Å². The Morgan fingerprint density at radius 1 is 1.25 bits per heavy atom. The third kappa shape index (κ3) is 2.38. The number of aromatic hydroxyl groups is 1. The summed E-state index contributed by atoms with van der Waals surface area (Å²) in [4.78, 5) is 18.0. The van der Waals surface area contributed by atoms with Crippen LogP contribution in [0.5, 0.6) is 5.75 Å². The molecule has 0 aromatic carbocycles. The molecule has 0 bridgehead atoms. The smallest absolute Gasteiger partial charge is 0.255 e. The number of pyridine rings is 1. The fourth-order valence-corrected chi connectivity index (χ4v) is 3.78. The number of aliphatic hydroxyl groups is 1. The van der Waals surface area contributed by atoms with Crippen LogP contribution >= 0.6 is 0 Å². The van der Waals surface area contributed by atoms with E-state index >= 15 is 0 Å². The molecule has 0 saturated heterocycles. The van der Waals surface area contributed by atoms with E-state index in [1.54, 1.807) is 4.90 Å². The lowest BCUT2D eigenvalue weighted by molar-refractivity contribution is 0.0721. The van der Waals surface area contributed by atoms with Crippen molar-refractivity contribution in [2.24, 2.45) is 11.8 Å². The summed E-state index contributed by atoms with van der Waals surface area (Å²) in [7, 11) is 1.81. The molecule has 2 N–H and O–H groups in total. The molecule has 1 aromatic heterocycles. The van der Waals surface area contributed by atoms with Gasteiger partial charge in [-0.2, -0.15) is 0 Å². The zero-order valence-electron chi connectivity index (χ0n) is 11.6. The molecule has 20 heavy (non-hydrogen) atoms. The number of amides is 1. The van der Waals surface area contributed by atoms with Crippen molar-refractivity contribution in [2.75, 3.05) is 7.05 Å². The second-order valence-corrected chi connectivity index (χ2v) is 6.12. The van der Waals surface area contributed by atoms with Crippen molar-refractivity contribution in [3.05, 3.63) is 24.0 Å². The minimum Gasteiger partial charge on any atom is -0.506 e. The van der Waals surface area contributed by atoms with E-state index in [0.717, 1.165) is 25.7 Å². The highest BCUT2D eigenvalue weighted by atomic mass is 16.3. The number of aliphatic hydroxyl groups excluding tert-OH is 1. The summed E-state index contributed by atoms with van der Waals surface area (Å²) in [6, 6.07) is 1.68. The quantitative estimate of drug-likeness (QED) is 0.856. The first kappa shape index (κ1) is 13.4. The van der Waals surface area contributed by atoms with Gasteiger partial charge in [-0.05, 0) is 43.6 Å². The Labute approximate surface area is 118 Å². The van der Waals surface area contributed by atoms with Gasteiger partial charge in [-0.3, -0.25) is 9.78 Å². The Morgan fingerprint density at radius 2 is 1.90 bits per heavy atom. The van der Waals surface area contributed by atoms with Crippen LogP contribution in [-0.4, -0.2) is 45.2 Å². The molecular formula is C15H20N2O3. The average molecular weight is 276 g/mol. The highest BCUT2D eigenvalue weighted by Gasteiger charge is 2.43. The summed E-state index contributed by atoms with van der Waals surface area (Å²) in [6.45, 7) is 0. The number of nitrogens with zero attached hydrogens (tertiary/aromatic N) is 2. The molecule has 1 aromatic rings. The fraction of sp³-hybridized carbons (Fsp3) is 0.600. The van der Waals surface area contributed by atoms with Gasteiger partial charge in [0, 0.05) is 19.3 Å². The van der Waals surface area contributed by atoms with Crippen LogP contribution in [0.3, 0.4) is 0 Å². The first-order valence-electron chi connectivity index (χ1n) is 7.14. The van der Waals surface area contributed by atoms with Crippen molar-refractivity contribution in [1.29, 1.82) is 0 Å². The highest BCUT2D eigenvalue weighted by Crippen LogP contribution is 2.45. The van der Waals surface area contributed by atoms with Gasteiger partial charge in [-0.1, -0.05) is 0 Å². The second-order valence-electron chi connectivity index (χ2n) is 6.12. The molecule has 2 fully saturated rings. The minimum atomic E-state index is -0.151. The van der Waals surface area contributed by atoms with E-state index in [1.165, 1.54) is 18.5 Å². The van der Waals surface area contributed by atoms with Crippen LogP contribution in [0.4, 0.5) is 0 Å². The molecule has 0 spiro atoms. The third-order valence-corrected chi connectivity index (χ3v) is 4.80. The van der Waals surface area contributed by atoms with Crippen molar-refractivity contribution >= 4 is 5.91 Å². The van der Waals surface area contributed by atoms with Crippen molar-refractivity contribution in [3.8, 4) is 5.75 Å². The van der Waals surface area contributed by atoms with Gasteiger partial charge in [0.2, 0.25) is 0 Å². The van der Waals surface area contributed by atoms with Gasteiger partial charge in [0.1, 0.15) is 5.75 Å². The summed E-state index contributed by atoms with van der Waals surface area (Å²) in [6.07, 6.45) is 6.33. The number of rotatable bonds is 2. The summed E-state index contributed by atoms with van der Waals surface area (Å²) >= 11 is 0. The Morgan fingerprint density at radius 3 is 2.50 bits per heavy atom. The SMILES string of the molecule is CN(C(=O)c1cncc(O)c1)C1C[C@H]2CC(O)C[C@H]2C1. The van der Waals surface area contributed by atoms with E-state index in [9.17, 15) is 15.0 Å². The van der Waals surface area contributed by atoms with Gasteiger partial charge in [-0.25, -0.2) is 0 Å². The average Bonchev–Trinajstić information content (AvgIpc) is 2.94.